The van der Waals surface area contributed by atoms with Crippen LogP contribution in [0.4, 0.5) is 0 Å². The molecule has 0 saturated carbocycles. The van der Waals surface area contributed by atoms with Crippen LogP contribution in [0.5, 0.6) is 0 Å². The van der Waals surface area contributed by atoms with Crippen molar-refractivity contribution in [3.05, 3.63) is 0 Å². The van der Waals surface area contributed by atoms with Crippen LogP contribution in [-0.2, 0) is 9.53 Å². The molecule has 0 radical (unpaired) electrons. The minimum Gasteiger partial charge on any atom is -0.379 e. The van der Waals surface area contributed by atoms with Gasteiger partial charge in [-0.1, -0.05) is 6.42 Å². The maximum atomic E-state index is 12.6. The fourth-order valence-corrected chi connectivity index (χ4v) is 3.60. The summed E-state index contributed by atoms with van der Waals surface area (Å²) >= 11 is 0. The van der Waals surface area contributed by atoms with Crippen molar-refractivity contribution in [2.45, 2.75) is 44.7 Å². The molecule has 1 amide bonds. The number of morpholine rings is 1. The molecule has 0 aromatic rings. The van der Waals surface area contributed by atoms with Crippen LogP contribution < -0.4 is 0 Å². The lowest BCUT2D eigenvalue weighted by Crippen LogP contribution is -2.56. The number of ether oxygens (including phenoxy) is 1. The number of amides is 1. The Kier molecular flexibility index (Phi) is 7.28. The molecule has 0 unspecified atom stereocenters. The van der Waals surface area contributed by atoms with Crippen molar-refractivity contribution in [1.82, 2.24) is 14.7 Å². The summed E-state index contributed by atoms with van der Waals surface area (Å²) in [5.74, 6) is 0.133. The van der Waals surface area contributed by atoms with Crippen LogP contribution in [0.25, 0.3) is 0 Å². The molecular weight excluding hydrogens is 292 g/mol. The van der Waals surface area contributed by atoms with E-state index in [-0.39, 0.29) is 11.9 Å². The van der Waals surface area contributed by atoms with E-state index in [0.717, 1.165) is 45.8 Å². The van der Waals surface area contributed by atoms with Crippen molar-refractivity contribution in [2.75, 3.05) is 53.0 Å². The monoisotopic (exact) mass is 322 g/mol. The van der Waals surface area contributed by atoms with Gasteiger partial charge in [0.15, 0.2) is 0 Å². The van der Waals surface area contributed by atoms with Crippen LogP contribution in [0.2, 0.25) is 0 Å². The predicted octanol–water partition coefficient (Wildman–Crippen LogP) is 0.934. The average molecular weight is 322 g/mol. The zero-order chi connectivity index (χ0) is 16.7. The highest BCUT2D eigenvalue weighted by Crippen LogP contribution is 2.22. The molecule has 6 heteroatoms. The van der Waals surface area contributed by atoms with E-state index in [0.29, 0.717) is 19.0 Å². The predicted molar refractivity (Wildman–Crippen MR) is 88.9 cm³/mol. The molecular formula is C17H30N4O2. The van der Waals surface area contributed by atoms with Gasteiger partial charge in [-0.05, 0) is 26.3 Å². The van der Waals surface area contributed by atoms with Crippen LogP contribution in [0.3, 0.4) is 0 Å². The van der Waals surface area contributed by atoms with Crippen molar-refractivity contribution in [2.24, 2.45) is 0 Å². The molecule has 0 aromatic heterocycles. The third-order valence-electron chi connectivity index (χ3n) is 5.04. The number of hydrogen-bond acceptors (Lipinski definition) is 5. The molecule has 0 bridgehead atoms. The Morgan fingerprint density at radius 3 is 2.78 bits per heavy atom. The highest BCUT2D eigenvalue weighted by atomic mass is 16.5. The van der Waals surface area contributed by atoms with Gasteiger partial charge >= 0.3 is 0 Å². The summed E-state index contributed by atoms with van der Waals surface area (Å²) in [4.78, 5) is 19.2. The largest absolute Gasteiger partial charge is 0.379 e. The van der Waals surface area contributed by atoms with E-state index < -0.39 is 0 Å². The molecule has 2 aliphatic heterocycles. The van der Waals surface area contributed by atoms with E-state index in [1.807, 2.05) is 6.92 Å². The van der Waals surface area contributed by atoms with Crippen LogP contribution >= 0.6 is 0 Å². The highest BCUT2D eigenvalue weighted by molar-refractivity contribution is 5.81. The summed E-state index contributed by atoms with van der Waals surface area (Å²) in [5.41, 5.74) is 0. The van der Waals surface area contributed by atoms with Gasteiger partial charge in [-0.25, -0.2) is 0 Å². The molecule has 2 heterocycles. The average Bonchev–Trinajstić information content (AvgIpc) is 2.59. The van der Waals surface area contributed by atoms with Gasteiger partial charge in [0, 0.05) is 39.3 Å². The lowest BCUT2D eigenvalue weighted by Gasteiger charge is -2.42. The smallest absolute Gasteiger partial charge is 0.239 e. The molecule has 2 rings (SSSR count). The van der Waals surface area contributed by atoms with Crippen LogP contribution in [0.1, 0.15) is 32.6 Å². The number of piperidine rings is 1. The second-order valence-electron chi connectivity index (χ2n) is 6.64. The van der Waals surface area contributed by atoms with Gasteiger partial charge in [0.25, 0.3) is 0 Å². The number of carbonyl (C=O) groups excluding carboxylic acids is 1. The molecule has 0 N–H and O–H groups in total. The Morgan fingerprint density at radius 2 is 2.09 bits per heavy atom. The molecule has 2 aliphatic rings. The Labute approximate surface area is 140 Å². The van der Waals surface area contributed by atoms with E-state index in [1.54, 1.807) is 11.9 Å². The zero-order valence-corrected chi connectivity index (χ0v) is 14.5. The lowest BCUT2D eigenvalue weighted by atomic mass is 9.99. The first-order valence-electron chi connectivity index (χ1n) is 8.81. The maximum absolute atomic E-state index is 12.6. The lowest BCUT2D eigenvalue weighted by molar-refractivity contribution is -0.137. The molecule has 0 aromatic carbocycles. The van der Waals surface area contributed by atoms with E-state index in [9.17, 15) is 4.79 Å². The summed E-state index contributed by atoms with van der Waals surface area (Å²) in [6, 6.07) is 2.45. The Balaban J connectivity index is 1.93. The minimum atomic E-state index is -0.106. The van der Waals surface area contributed by atoms with E-state index >= 15 is 0 Å². The van der Waals surface area contributed by atoms with Crippen molar-refractivity contribution in [3.8, 4) is 6.07 Å². The molecule has 0 aliphatic carbocycles. The van der Waals surface area contributed by atoms with Crippen molar-refractivity contribution >= 4 is 5.91 Å². The molecule has 2 fully saturated rings. The number of nitriles is 1. The summed E-state index contributed by atoms with van der Waals surface area (Å²) in [6.07, 6.45) is 3.97. The summed E-state index contributed by atoms with van der Waals surface area (Å²) in [6.45, 7) is 8.18. The molecule has 6 nitrogen and oxygen atoms in total. The number of nitrogens with zero attached hydrogens (tertiary/aromatic N) is 4. The van der Waals surface area contributed by atoms with Crippen molar-refractivity contribution < 1.29 is 9.53 Å². The third-order valence-corrected chi connectivity index (χ3v) is 5.04. The van der Waals surface area contributed by atoms with E-state index in [4.69, 9.17) is 10.00 Å². The second-order valence-corrected chi connectivity index (χ2v) is 6.64. The number of likely N-dealkylation sites (N-methyl/N-ethyl adjacent to an activating group) is 1. The minimum absolute atomic E-state index is 0.106. The standard InChI is InChI=1S/C17H30N4O2/c1-15(17(22)19(2)8-5-7-18)21-9-4-3-6-16(21)14-20-10-12-23-13-11-20/h15-16H,3-6,8-14H2,1-2H3/t15-,16-/m0/s1. The first-order valence-corrected chi connectivity index (χ1v) is 8.81. The Morgan fingerprint density at radius 1 is 1.35 bits per heavy atom. The van der Waals surface area contributed by atoms with Gasteiger partial charge in [-0.15, -0.1) is 0 Å². The van der Waals surface area contributed by atoms with Crippen LogP contribution in [0.15, 0.2) is 0 Å². The van der Waals surface area contributed by atoms with Gasteiger partial charge in [0.2, 0.25) is 5.91 Å². The maximum Gasteiger partial charge on any atom is 0.239 e. The summed E-state index contributed by atoms with van der Waals surface area (Å²) in [7, 11) is 1.80. The highest BCUT2D eigenvalue weighted by Gasteiger charge is 2.32. The second kappa shape index (κ2) is 9.21. The third kappa shape index (κ3) is 5.17. The number of carbonyl (C=O) groups is 1. The summed E-state index contributed by atoms with van der Waals surface area (Å²) in [5, 5.41) is 8.69. The van der Waals surface area contributed by atoms with E-state index in [2.05, 4.69) is 15.9 Å². The molecule has 0 spiro atoms. The molecule has 2 atom stereocenters. The number of rotatable bonds is 6. The van der Waals surface area contributed by atoms with Gasteiger partial charge in [-0.2, -0.15) is 5.26 Å². The van der Waals surface area contributed by atoms with Gasteiger partial charge in [-0.3, -0.25) is 14.6 Å². The SMILES string of the molecule is C[C@@H](C(=O)N(C)CCC#N)N1CCCC[C@H]1CN1CCOCC1. The van der Waals surface area contributed by atoms with Crippen molar-refractivity contribution in [1.29, 1.82) is 5.26 Å². The fourth-order valence-electron chi connectivity index (χ4n) is 3.60. The summed E-state index contributed by atoms with van der Waals surface area (Å²) < 4.78 is 5.43. The first kappa shape index (κ1) is 18.2. The quantitative estimate of drug-likeness (QED) is 0.728. The zero-order valence-electron chi connectivity index (χ0n) is 14.5. The van der Waals surface area contributed by atoms with Gasteiger partial charge < -0.3 is 9.64 Å². The number of likely N-dealkylation sites (tertiary alicyclic amines) is 1. The fraction of sp³-hybridized carbons (Fsp3) is 0.882. The Hall–Kier alpha value is -1.16. The topological polar surface area (TPSA) is 59.8 Å². The molecule has 23 heavy (non-hydrogen) atoms. The number of hydrogen-bond donors (Lipinski definition) is 0. The van der Waals surface area contributed by atoms with Crippen LogP contribution in [0, 0.1) is 11.3 Å². The van der Waals surface area contributed by atoms with Crippen molar-refractivity contribution in [3.63, 3.8) is 0 Å². The van der Waals surface area contributed by atoms with Crippen LogP contribution in [-0.4, -0.2) is 85.7 Å². The van der Waals surface area contributed by atoms with Gasteiger partial charge in [0.1, 0.15) is 0 Å². The Bertz CT molecular complexity index is 417. The molecule has 2 saturated heterocycles. The normalized spacial score (nSPS) is 24.8. The molecule has 130 valence electrons. The van der Waals surface area contributed by atoms with Gasteiger partial charge in [0.05, 0.1) is 31.7 Å². The first-order chi connectivity index (χ1) is 11.1. The van der Waals surface area contributed by atoms with E-state index in [1.165, 1.54) is 12.8 Å².